The predicted octanol–water partition coefficient (Wildman–Crippen LogP) is 4.33. The van der Waals surface area contributed by atoms with Crippen LogP contribution in [0.15, 0.2) is 24.5 Å². The van der Waals surface area contributed by atoms with E-state index >= 15 is 0 Å². The van der Waals surface area contributed by atoms with Crippen molar-refractivity contribution in [1.29, 1.82) is 0 Å². The summed E-state index contributed by atoms with van der Waals surface area (Å²) in [4.78, 5) is 13.4. The van der Waals surface area contributed by atoms with Crippen molar-refractivity contribution in [3.8, 4) is 22.9 Å². The zero-order chi connectivity index (χ0) is 18.5. The molecule has 1 fully saturated rings. The van der Waals surface area contributed by atoms with E-state index in [1.165, 1.54) is 12.8 Å². The molecule has 0 aliphatic heterocycles. The lowest BCUT2D eigenvalue weighted by Crippen LogP contribution is -2.26. The zero-order valence-corrected chi connectivity index (χ0v) is 16.0. The molecule has 0 aromatic carbocycles. The lowest BCUT2D eigenvalue weighted by Gasteiger charge is -2.27. The number of hydrogen-bond donors (Lipinski definition) is 1. The quantitative estimate of drug-likeness (QED) is 0.831. The third-order valence-electron chi connectivity index (χ3n) is 4.70. The smallest absolute Gasteiger partial charge is 0.226 e. The predicted molar refractivity (Wildman–Crippen MR) is 103 cm³/mol. The molecule has 1 N–H and O–H groups in total. The molecule has 1 saturated carbocycles. The van der Waals surface area contributed by atoms with E-state index in [0.717, 1.165) is 29.9 Å². The monoisotopic (exact) mass is 356 g/mol. The van der Waals surface area contributed by atoms with Gasteiger partial charge in [-0.1, -0.05) is 6.92 Å². The summed E-state index contributed by atoms with van der Waals surface area (Å²) in [5.74, 6) is 2.60. The van der Waals surface area contributed by atoms with E-state index in [2.05, 4.69) is 27.2 Å². The van der Waals surface area contributed by atoms with Gasteiger partial charge < -0.3 is 14.8 Å². The van der Waals surface area contributed by atoms with Gasteiger partial charge in [0.2, 0.25) is 17.7 Å². The molecule has 26 heavy (non-hydrogen) atoms. The molecule has 1 aliphatic carbocycles. The Morgan fingerprint density at radius 3 is 2.46 bits per heavy atom. The number of nitrogens with zero attached hydrogens (tertiary/aromatic N) is 3. The van der Waals surface area contributed by atoms with E-state index in [1.54, 1.807) is 19.5 Å². The fourth-order valence-electron chi connectivity index (χ4n) is 3.23. The highest BCUT2D eigenvalue weighted by Gasteiger charge is 2.19. The second-order valence-corrected chi connectivity index (χ2v) is 7.27. The number of methoxy groups -OCH3 is 1. The molecule has 0 saturated heterocycles. The van der Waals surface area contributed by atoms with E-state index in [4.69, 9.17) is 9.47 Å². The molecule has 3 rings (SSSR count). The van der Waals surface area contributed by atoms with Gasteiger partial charge in [-0.2, -0.15) is 4.98 Å². The highest BCUT2D eigenvalue weighted by molar-refractivity contribution is 5.67. The van der Waals surface area contributed by atoms with Gasteiger partial charge in [0.1, 0.15) is 0 Å². The molecule has 0 spiro atoms. The van der Waals surface area contributed by atoms with Crippen molar-refractivity contribution in [3.05, 3.63) is 24.5 Å². The van der Waals surface area contributed by atoms with Crippen molar-refractivity contribution < 1.29 is 9.47 Å². The maximum atomic E-state index is 5.59. The summed E-state index contributed by atoms with van der Waals surface area (Å²) in [6.07, 6.45) is 8.48. The summed E-state index contributed by atoms with van der Waals surface area (Å²) in [5, 5.41) is 3.45. The molecule has 0 amide bonds. The molecule has 0 radical (unpaired) electrons. The van der Waals surface area contributed by atoms with Crippen LogP contribution in [0, 0.1) is 5.92 Å². The molecule has 0 bridgehead atoms. The normalized spacial score (nSPS) is 20.0. The van der Waals surface area contributed by atoms with Crippen LogP contribution in [0.5, 0.6) is 11.8 Å². The molecule has 0 atom stereocenters. The highest BCUT2D eigenvalue weighted by Crippen LogP contribution is 2.30. The summed E-state index contributed by atoms with van der Waals surface area (Å²) in [6.45, 7) is 6.27. The lowest BCUT2D eigenvalue weighted by molar-refractivity contribution is 0.232. The number of anilines is 1. The molecule has 6 heteroatoms. The molecule has 0 unspecified atom stereocenters. The summed E-state index contributed by atoms with van der Waals surface area (Å²) in [6, 6.07) is 4.24. The average molecular weight is 356 g/mol. The van der Waals surface area contributed by atoms with Crippen LogP contribution in [-0.4, -0.2) is 34.2 Å². The van der Waals surface area contributed by atoms with E-state index in [9.17, 15) is 0 Å². The number of ether oxygens (including phenoxy) is 2. The largest absolute Gasteiger partial charge is 0.480 e. The molecular formula is C20H28N4O2. The first-order valence-electron chi connectivity index (χ1n) is 9.35. The van der Waals surface area contributed by atoms with E-state index in [-0.39, 0.29) is 6.10 Å². The SMILES string of the molecule is COc1nc(NC2CCC(C)CC2)ncc1-c1ccc(OC(C)C)nc1. The number of hydrogen-bond acceptors (Lipinski definition) is 6. The Kier molecular flexibility index (Phi) is 5.91. The first kappa shape index (κ1) is 18.4. The third kappa shape index (κ3) is 4.62. The van der Waals surface area contributed by atoms with Crippen LogP contribution in [0.3, 0.4) is 0 Å². The van der Waals surface area contributed by atoms with Crippen molar-refractivity contribution >= 4 is 5.95 Å². The lowest BCUT2D eigenvalue weighted by atomic mass is 9.87. The van der Waals surface area contributed by atoms with Crippen molar-refractivity contribution in [3.63, 3.8) is 0 Å². The maximum absolute atomic E-state index is 5.59. The van der Waals surface area contributed by atoms with Crippen molar-refractivity contribution in [2.75, 3.05) is 12.4 Å². The van der Waals surface area contributed by atoms with Gasteiger partial charge >= 0.3 is 0 Å². The summed E-state index contributed by atoms with van der Waals surface area (Å²) < 4.78 is 11.1. The van der Waals surface area contributed by atoms with E-state index in [1.807, 2.05) is 26.0 Å². The van der Waals surface area contributed by atoms with Crippen LogP contribution in [0.4, 0.5) is 5.95 Å². The van der Waals surface area contributed by atoms with Crippen LogP contribution in [0.1, 0.15) is 46.5 Å². The Bertz CT molecular complexity index is 710. The molecular weight excluding hydrogens is 328 g/mol. The van der Waals surface area contributed by atoms with Crippen LogP contribution in [-0.2, 0) is 0 Å². The molecule has 2 aromatic rings. The molecule has 2 aromatic heterocycles. The molecule has 140 valence electrons. The molecule has 2 heterocycles. The van der Waals surface area contributed by atoms with Gasteiger partial charge in [-0.25, -0.2) is 9.97 Å². The molecule has 1 aliphatic rings. The van der Waals surface area contributed by atoms with Crippen molar-refractivity contribution in [1.82, 2.24) is 15.0 Å². The Morgan fingerprint density at radius 1 is 1.08 bits per heavy atom. The van der Waals surface area contributed by atoms with Gasteiger partial charge in [0.15, 0.2) is 0 Å². The van der Waals surface area contributed by atoms with Crippen LogP contribution >= 0.6 is 0 Å². The van der Waals surface area contributed by atoms with Gasteiger partial charge in [-0.3, -0.25) is 0 Å². The third-order valence-corrected chi connectivity index (χ3v) is 4.70. The van der Waals surface area contributed by atoms with Crippen molar-refractivity contribution in [2.45, 2.75) is 58.6 Å². The van der Waals surface area contributed by atoms with Crippen molar-refractivity contribution in [2.24, 2.45) is 5.92 Å². The zero-order valence-electron chi connectivity index (χ0n) is 16.0. The second-order valence-electron chi connectivity index (χ2n) is 7.27. The topological polar surface area (TPSA) is 69.2 Å². The van der Waals surface area contributed by atoms with Gasteiger partial charge in [0, 0.05) is 30.1 Å². The fraction of sp³-hybridized carbons (Fsp3) is 0.550. The Morgan fingerprint density at radius 2 is 1.85 bits per heavy atom. The average Bonchev–Trinajstić information content (AvgIpc) is 2.64. The fourth-order valence-corrected chi connectivity index (χ4v) is 3.23. The number of aromatic nitrogens is 3. The van der Waals surface area contributed by atoms with Gasteiger partial charge in [0.05, 0.1) is 18.8 Å². The Balaban J connectivity index is 1.74. The minimum Gasteiger partial charge on any atom is -0.480 e. The molecule has 6 nitrogen and oxygen atoms in total. The standard InChI is InChI=1S/C20H28N4O2/c1-13(2)26-18-10-7-15(11-21-18)17-12-22-20(24-19(17)25-4)23-16-8-5-14(3)6-9-16/h7,10-14,16H,5-6,8-9H2,1-4H3,(H,22,23,24). The Labute approximate surface area is 155 Å². The first-order valence-corrected chi connectivity index (χ1v) is 9.35. The van der Waals surface area contributed by atoms with E-state index < -0.39 is 0 Å². The first-order chi connectivity index (χ1) is 12.5. The minimum absolute atomic E-state index is 0.0966. The Hall–Kier alpha value is -2.37. The van der Waals surface area contributed by atoms with Gasteiger partial charge in [-0.15, -0.1) is 0 Å². The summed E-state index contributed by atoms with van der Waals surface area (Å²) in [7, 11) is 1.63. The number of pyridine rings is 1. The van der Waals surface area contributed by atoms with Crippen LogP contribution in [0.25, 0.3) is 11.1 Å². The van der Waals surface area contributed by atoms with Gasteiger partial charge in [-0.05, 0) is 51.5 Å². The van der Waals surface area contributed by atoms with Crippen LogP contribution < -0.4 is 14.8 Å². The summed E-state index contributed by atoms with van der Waals surface area (Å²) >= 11 is 0. The van der Waals surface area contributed by atoms with Crippen LogP contribution in [0.2, 0.25) is 0 Å². The number of nitrogens with one attached hydrogen (secondary N) is 1. The summed E-state index contributed by atoms with van der Waals surface area (Å²) in [5.41, 5.74) is 1.72. The number of rotatable bonds is 6. The maximum Gasteiger partial charge on any atom is 0.226 e. The van der Waals surface area contributed by atoms with E-state index in [0.29, 0.717) is 23.8 Å². The van der Waals surface area contributed by atoms with Gasteiger partial charge in [0.25, 0.3) is 0 Å². The second kappa shape index (κ2) is 8.34. The highest BCUT2D eigenvalue weighted by atomic mass is 16.5. The minimum atomic E-state index is 0.0966.